The summed E-state index contributed by atoms with van der Waals surface area (Å²) < 4.78 is 1.04. The summed E-state index contributed by atoms with van der Waals surface area (Å²) in [7, 11) is 0. The summed E-state index contributed by atoms with van der Waals surface area (Å²) in [6, 6.07) is 13.0. The molecule has 0 heterocycles. The van der Waals surface area contributed by atoms with Gasteiger partial charge in [0.2, 0.25) is 5.91 Å². The predicted molar refractivity (Wildman–Crippen MR) is 87.5 cm³/mol. The maximum absolute atomic E-state index is 11.8. The second-order valence-corrected chi connectivity index (χ2v) is 5.61. The molecule has 3 nitrogen and oxygen atoms in total. The van der Waals surface area contributed by atoms with Crippen molar-refractivity contribution in [2.24, 2.45) is 0 Å². The number of para-hydroxylation sites is 1. The summed E-state index contributed by atoms with van der Waals surface area (Å²) in [5.74, 6) is -0.140. The molecule has 0 aliphatic heterocycles. The number of aryl methyl sites for hydroxylation is 1. The van der Waals surface area contributed by atoms with Crippen molar-refractivity contribution >= 4 is 44.8 Å². The van der Waals surface area contributed by atoms with Gasteiger partial charge in [0.15, 0.2) is 0 Å². The van der Waals surface area contributed by atoms with Crippen molar-refractivity contribution in [2.45, 2.75) is 6.92 Å². The van der Waals surface area contributed by atoms with Gasteiger partial charge in [0.1, 0.15) is 0 Å². The van der Waals surface area contributed by atoms with Crippen molar-refractivity contribution in [2.75, 3.05) is 17.2 Å². The van der Waals surface area contributed by atoms with Crippen LogP contribution in [0.5, 0.6) is 0 Å². The molecule has 2 N–H and O–H groups in total. The number of hydrogen-bond donors (Lipinski definition) is 2. The second-order valence-electron chi connectivity index (χ2n) is 4.35. The highest BCUT2D eigenvalue weighted by Gasteiger charge is 2.05. The average Bonchev–Trinajstić information content (AvgIpc) is 2.43. The van der Waals surface area contributed by atoms with E-state index in [2.05, 4.69) is 26.6 Å². The third-order valence-corrected chi connectivity index (χ3v) is 3.98. The highest BCUT2D eigenvalue weighted by molar-refractivity contribution is 9.10. The van der Waals surface area contributed by atoms with Crippen LogP contribution in [-0.4, -0.2) is 12.5 Å². The molecule has 5 heteroatoms. The van der Waals surface area contributed by atoms with Gasteiger partial charge in [-0.3, -0.25) is 4.79 Å². The fourth-order valence-electron chi connectivity index (χ4n) is 1.69. The first-order valence-corrected chi connectivity index (χ1v) is 7.28. The van der Waals surface area contributed by atoms with E-state index >= 15 is 0 Å². The zero-order valence-corrected chi connectivity index (χ0v) is 13.3. The molecule has 104 valence electrons. The summed E-state index contributed by atoms with van der Waals surface area (Å²) in [4.78, 5) is 11.8. The van der Waals surface area contributed by atoms with Crippen molar-refractivity contribution in [3.63, 3.8) is 0 Å². The Bertz CT molecular complexity index is 631. The van der Waals surface area contributed by atoms with Crippen molar-refractivity contribution in [3.05, 3.63) is 57.5 Å². The molecule has 0 fully saturated rings. The van der Waals surface area contributed by atoms with Gasteiger partial charge < -0.3 is 10.6 Å². The fourth-order valence-corrected chi connectivity index (χ4v) is 2.12. The molecule has 0 aliphatic carbocycles. The van der Waals surface area contributed by atoms with Gasteiger partial charge in [-0.1, -0.05) is 39.7 Å². The molecule has 0 saturated carbocycles. The Kier molecular flexibility index (Phi) is 5.04. The quantitative estimate of drug-likeness (QED) is 0.852. The zero-order chi connectivity index (χ0) is 14.5. The molecule has 0 unspecified atom stereocenters. The minimum atomic E-state index is -0.140. The van der Waals surface area contributed by atoms with Gasteiger partial charge in [0, 0.05) is 10.2 Å². The first-order chi connectivity index (χ1) is 9.56. The van der Waals surface area contributed by atoms with Crippen LogP contribution in [0.25, 0.3) is 0 Å². The normalized spacial score (nSPS) is 10.2. The van der Waals surface area contributed by atoms with Gasteiger partial charge in [-0.25, -0.2) is 0 Å². The molecular weight excluding hydrogens is 340 g/mol. The highest BCUT2D eigenvalue weighted by Crippen LogP contribution is 2.21. The number of nitrogens with one attached hydrogen (secondary N) is 2. The molecule has 0 saturated heterocycles. The number of halogens is 2. The van der Waals surface area contributed by atoms with Crippen LogP contribution in [0.1, 0.15) is 5.56 Å². The van der Waals surface area contributed by atoms with E-state index in [0.29, 0.717) is 10.7 Å². The lowest BCUT2D eigenvalue weighted by Crippen LogP contribution is -2.21. The average molecular weight is 354 g/mol. The Labute approximate surface area is 131 Å². The molecule has 0 radical (unpaired) electrons. The standard InChI is InChI=1S/C15H14BrClN2O/c1-10-8-11(6-7-12(10)16)18-9-15(20)19-14-5-3-2-4-13(14)17/h2-8,18H,9H2,1H3,(H,19,20). The van der Waals surface area contributed by atoms with E-state index in [1.807, 2.05) is 37.3 Å². The van der Waals surface area contributed by atoms with Crippen LogP contribution in [-0.2, 0) is 4.79 Å². The molecule has 2 aromatic carbocycles. The van der Waals surface area contributed by atoms with Gasteiger partial charge in [-0.2, -0.15) is 0 Å². The molecule has 1 amide bonds. The van der Waals surface area contributed by atoms with Crippen molar-refractivity contribution in [3.8, 4) is 0 Å². The maximum atomic E-state index is 11.8. The summed E-state index contributed by atoms with van der Waals surface area (Å²) >= 11 is 9.42. The summed E-state index contributed by atoms with van der Waals surface area (Å²) in [6.45, 7) is 2.19. The first-order valence-electron chi connectivity index (χ1n) is 6.10. The largest absolute Gasteiger partial charge is 0.376 e. The van der Waals surface area contributed by atoms with E-state index in [9.17, 15) is 4.79 Å². The summed E-state index contributed by atoms with van der Waals surface area (Å²) in [5, 5.41) is 6.37. The van der Waals surface area contributed by atoms with Crippen LogP contribution in [0.4, 0.5) is 11.4 Å². The maximum Gasteiger partial charge on any atom is 0.243 e. The lowest BCUT2D eigenvalue weighted by molar-refractivity contribution is -0.114. The zero-order valence-electron chi connectivity index (χ0n) is 10.9. The van der Waals surface area contributed by atoms with E-state index in [-0.39, 0.29) is 12.5 Å². The number of rotatable bonds is 4. The van der Waals surface area contributed by atoms with Crippen molar-refractivity contribution < 1.29 is 4.79 Å². The molecule has 0 spiro atoms. The molecule has 2 aromatic rings. The third kappa shape index (κ3) is 3.99. The lowest BCUT2D eigenvalue weighted by Gasteiger charge is -2.10. The van der Waals surface area contributed by atoms with E-state index in [1.165, 1.54) is 0 Å². The number of carbonyl (C=O) groups is 1. The minimum Gasteiger partial charge on any atom is -0.376 e. The van der Waals surface area contributed by atoms with Crippen molar-refractivity contribution in [1.82, 2.24) is 0 Å². The van der Waals surface area contributed by atoms with Crippen molar-refractivity contribution in [1.29, 1.82) is 0 Å². The van der Waals surface area contributed by atoms with Crippen LogP contribution in [0, 0.1) is 6.92 Å². The SMILES string of the molecule is Cc1cc(NCC(=O)Nc2ccccc2Cl)ccc1Br. The van der Waals surface area contributed by atoms with Gasteiger partial charge in [0.25, 0.3) is 0 Å². The Morgan fingerprint density at radius 2 is 2.00 bits per heavy atom. The first kappa shape index (κ1) is 14.9. The van der Waals surface area contributed by atoms with E-state index < -0.39 is 0 Å². The summed E-state index contributed by atoms with van der Waals surface area (Å²) in [5.41, 5.74) is 2.63. The Morgan fingerprint density at radius 3 is 2.70 bits per heavy atom. The number of hydrogen-bond acceptors (Lipinski definition) is 2. The summed E-state index contributed by atoms with van der Waals surface area (Å²) in [6.07, 6.45) is 0. The molecule has 2 rings (SSSR count). The Hall–Kier alpha value is -1.52. The predicted octanol–water partition coefficient (Wildman–Crippen LogP) is 4.46. The van der Waals surface area contributed by atoms with E-state index in [4.69, 9.17) is 11.6 Å². The molecule has 0 aliphatic rings. The topological polar surface area (TPSA) is 41.1 Å². The minimum absolute atomic E-state index is 0.140. The fraction of sp³-hybridized carbons (Fsp3) is 0.133. The monoisotopic (exact) mass is 352 g/mol. The molecule has 0 atom stereocenters. The van der Waals surface area contributed by atoms with Crippen LogP contribution in [0.2, 0.25) is 5.02 Å². The van der Waals surface area contributed by atoms with Gasteiger partial charge in [-0.15, -0.1) is 0 Å². The number of amides is 1. The molecular formula is C15H14BrClN2O. The lowest BCUT2D eigenvalue weighted by atomic mass is 10.2. The van der Waals surface area contributed by atoms with Crippen LogP contribution < -0.4 is 10.6 Å². The third-order valence-electron chi connectivity index (χ3n) is 2.76. The van der Waals surface area contributed by atoms with Crippen LogP contribution in [0.15, 0.2) is 46.9 Å². The Balaban J connectivity index is 1.92. The van der Waals surface area contributed by atoms with Gasteiger partial charge in [0.05, 0.1) is 17.3 Å². The molecule has 0 bridgehead atoms. The Morgan fingerprint density at radius 1 is 1.25 bits per heavy atom. The highest BCUT2D eigenvalue weighted by atomic mass is 79.9. The van der Waals surface area contributed by atoms with E-state index in [1.54, 1.807) is 12.1 Å². The van der Waals surface area contributed by atoms with Crippen LogP contribution >= 0.6 is 27.5 Å². The van der Waals surface area contributed by atoms with Gasteiger partial charge in [-0.05, 0) is 42.8 Å². The number of anilines is 2. The van der Waals surface area contributed by atoms with E-state index in [0.717, 1.165) is 15.7 Å². The van der Waals surface area contributed by atoms with Crippen LogP contribution in [0.3, 0.4) is 0 Å². The van der Waals surface area contributed by atoms with Gasteiger partial charge >= 0.3 is 0 Å². The smallest absolute Gasteiger partial charge is 0.243 e. The molecule has 0 aromatic heterocycles. The molecule has 20 heavy (non-hydrogen) atoms. The number of benzene rings is 2. The second kappa shape index (κ2) is 6.77. The number of carbonyl (C=O) groups excluding carboxylic acids is 1.